The van der Waals surface area contributed by atoms with Gasteiger partial charge in [-0.15, -0.1) is 11.8 Å². The quantitative estimate of drug-likeness (QED) is 0.838. The molecule has 0 radical (unpaired) electrons. The van der Waals surface area contributed by atoms with Crippen LogP contribution in [0.1, 0.15) is 28.4 Å². The van der Waals surface area contributed by atoms with Crippen LogP contribution in [0.15, 0.2) is 47.4 Å². The van der Waals surface area contributed by atoms with Gasteiger partial charge >= 0.3 is 0 Å². The molecule has 0 bridgehead atoms. The number of benzene rings is 2. The van der Waals surface area contributed by atoms with E-state index in [1.807, 2.05) is 30.3 Å². The topological polar surface area (TPSA) is 29.1 Å². The summed E-state index contributed by atoms with van der Waals surface area (Å²) in [7, 11) is 0. The first-order chi connectivity index (χ1) is 10.1. The second-order valence-corrected chi connectivity index (χ2v) is 6.81. The van der Waals surface area contributed by atoms with Gasteiger partial charge in [-0.25, -0.2) is 0 Å². The fourth-order valence-electron chi connectivity index (χ4n) is 2.40. The van der Waals surface area contributed by atoms with Crippen LogP contribution < -0.4 is 5.32 Å². The Hall–Kier alpha value is -1.16. The number of carbonyl (C=O) groups is 1. The summed E-state index contributed by atoms with van der Waals surface area (Å²) in [6.07, 6.45) is 0.883. The van der Waals surface area contributed by atoms with E-state index in [9.17, 15) is 4.79 Å². The van der Waals surface area contributed by atoms with Crippen LogP contribution in [0.2, 0.25) is 10.0 Å². The highest BCUT2D eigenvalue weighted by Gasteiger charge is 2.23. The molecule has 0 aromatic heterocycles. The summed E-state index contributed by atoms with van der Waals surface area (Å²) >= 11 is 13.9. The third kappa shape index (κ3) is 3.20. The summed E-state index contributed by atoms with van der Waals surface area (Å²) in [5.74, 6) is 0.825. The molecule has 0 spiro atoms. The standard InChI is InChI=1S/C16H13Cl2NOS/c17-10-5-6-15-12(9-10)14(7-8-21-15)19-16(20)11-3-1-2-4-13(11)18/h1-6,9,14H,7-8H2,(H,19,20). The molecule has 108 valence electrons. The molecule has 1 unspecified atom stereocenters. The van der Waals surface area contributed by atoms with Crippen molar-refractivity contribution in [1.82, 2.24) is 5.32 Å². The fraction of sp³-hybridized carbons (Fsp3) is 0.188. The van der Waals surface area contributed by atoms with Gasteiger partial charge in [0, 0.05) is 15.7 Å². The smallest absolute Gasteiger partial charge is 0.253 e. The molecule has 1 atom stereocenters. The largest absolute Gasteiger partial charge is 0.345 e. The predicted molar refractivity (Wildman–Crippen MR) is 88.5 cm³/mol. The van der Waals surface area contributed by atoms with E-state index in [1.165, 1.54) is 4.90 Å². The van der Waals surface area contributed by atoms with Crippen molar-refractivity contribution in [2.45, 2.75) is 17.4 Å². The maximum absolute atomic E-state index is 12.4. The molecule has 3 rings (SSSR count). The summed E-state index contributed by atoms with van der Waals surface area (Å²) in [6.45, 7) is 0. The predicted octanol–water partition coefficient (Wildman–Crippen LogP) is 4.96. The van der Waals surface area contributed by atoms with Crippen LogP contribution in [0.25, 0.3) is 0 Å². The monoisotopic (exact) mass is 337 g/mol. The lowest BCUT2D eigenvalue weighted by atomic mass is 10.0. The summed E-state index contributed by atoms with van der Waals surface area (Å²) in [5, 5.41) is 4.22. The van der Waals surface area contributed by atoms with Crippen LogP contribution in [0.5, 0.6) is 0 Å². The average Bonchev–Trinajstić information content (AvgIpc) is 2.48. The van der Waals surface area contributed by atoms with Crippen molar-refractivity contribution in [1.29, 1.82) is 0 Å². The first-order valence-electron chi connectivity index (χ1n) is 6.63. The highest BCUT2D eigenvalue weighted by Crippen LogP contribution is 2.37. The zero-order valence-corrected chi connectivity index (χ0v) is 13.4. The Kier molecular flexibility index (Phi) is 4.43. The Balaban J connectivity index is 1.85. The third-order valence-corrected chi connectivity index (χ3v) is 5.12. The molecule has 21 heavy (non-hydrogen) atoms. The number of thioether (sulfide) groups is 1. The zero-order chi connectivity index (χ0) is 14.8. The van der Waals surface area contributed by atoms with Crippen molar-refractivity contribution in [2.75, 3.05) is 5.75 Å². The Morgan fingerprint density at radius 1 is 1.19 bits per heavy atom. The lowest BCUT2D eigenvalue weighted by Gasteiger charge is -2.26. The number of rotatable bonds is 2. The second-order valence-electron chi connectivity index (χ2n) is 4.83. The Morgan fingerprint density at radius 3 is 2.81 bits per heavy atom. The van der Waals surface area contributed by atoms with Crippen LogP contribution in [0.3, 0.4) is 0 Å². The molecule has 1 N–H and O–H groups in total. The highest BCUT2D eigenvalue weighted by atomic mass is 35.5. The maximum atomic E-state index is 12.4. The minimum Gasteiger partial charge on any atom is -0.345 e. The van der Waals surface area contributed by atoms with Crippen LogP contribution in [0, 0.1) is 0 Å². The zero-order valence-electron chi connectivity index (χ0n) is 11.1. The molecule has 0 saturated carbocycles. The number of hydrogen-bond donors (Lipinski definition) is 1. The molecule has 2 aromatic rings. The van der Waals surface area contributed by atoms with E-state index in [4.69, 9.17) is 23.2 Å². The molecular formula is C16H13Cl2NOS. The van der Waals surface area contributed by atoms with Gasteiger partial charge < -0.3 is 5.32 Å². The van der Waals surface area contributed by atoms with Crippen molar-refractivity contribution in [3.63, 3.8) is 0 Å². The lowest BCUT2D eigenvalue weighted by Crippen LogP contribution is -2.30. The number of amides is 1. The van der Waals surface area contributed by atoms with E-state index in [-0.39, 0.29) is 11.9 Å². The summed E-state index contributed by atoms with van der Waals surface area (Å²) in [5.41, 5.74) is 1.58. The summed E-state index contributed by atoms with van der Waals surface area (Å²) in [4.78, 5) is 13.6. The van der Waals surface area contributed by atoms with E-state index in [0.29, 0.717) is 15.6 Å². The van der Waals surface area contributed by atoms with Crippen molar-refractivity contribution < 1.29 is 4.79 Å². The molecule has 1 aliphatic rings. The second kappa shape index (κ2) is 6.30. The van der Waals surface area contributed by atoms with Gasteiger partial charge in [-0.2, -0.15) is 0 Å². The van der Waals surface area contributed by atoms with Crippen LogP contribution in [-0.2, 0) is 0 Å². The normalized spacial score (nSPS) is 17.1. The third-order valence-electron chi connectivity index (χ3n) is 3.44. The average molecular weight is 338 g/mol. The van der Waals surface area contributed by atoms with Gasteiger partial charge in [0.25, 0.3) is 5.91 Å². The number of fused-ring (bicyclic) bond motifs is 1. The molecule has 0 fully saturated rings. The van der Waals surface area contributed by atoms with E-state index in [2.05, 4.69) is 5.32 Å². The van der Waals surface area contributed by atoms with Gasteiger partial charge in [-0.1, -0.05) is 35.3 Å². The van der Waals surface area contributed by atoms with E-state index in [1.54, 1.807) is 23.9 Å². The van der Waals surface area contributed by atoms with Crippen molar-refractivity contribution >= 4 is 40.9 Å². The Morgan fingerprint density at radius 2 is 2.00 bits per heavy atom. The van der Waals surface area contributed by atoms with E-state index in [0.717, 1.165) is 17.7 Å². The molecule has 5 heteroatoms. The van der Waals surface area contributed by atoms with Gasteiger partial charge in [0.1, 0.15) is 0 Å². The van der Waals surface area contributed by atoms with Crippen LogP contribution >= 0.6 is 35.0 Å². The van der Waals surface area contributed by atoms with Gasteiger partial charge in [-0.3, -0.25) is 4.79 Å². The molecule has 1 heterocycles. The number of hydrogen-bond acceptors (Lipinski definition) is 2. The minimum atomic E-state index is -0.150. The van der Waals surface area contributed by atoms with Crippen molar-refractivity contribution in [2.24, 2.45) is 0 Å². The molecule has 2 aromatic carbocycles. The summed E-state index contributed by atoms with van der Waals surface area (Å²) in [6, 6.07) is 12.9. The number of halogens is 2. The van der Waals surface area contributed by atoms with Crippen molar-refractivity contribution in [3.8, 4) is 0 Å². The number of nitrogens with one attached hydrogen (secondary N) is 1. The first kappa shape index (κ1) is 14.8. The van der Waals surface area contributed by atoms with Crippen LogP contribution in [-0.4, -0.2) is 11.7 Å². The van der Waals surface area contributed by atoms with E-state index < -0.39 is 0 Å². The molecule has 2 nitrogen and oxygen atoms in total. The van der Waals surface area contributed by atoms with E-state index >= 15 is 0 Å². The molecule has 1 amide bonds. The van der Waals surface area contributed by atoms with Gasteiger partial charge in [-0.05, 0) is 42.3 Å². The highest BCUT2D eigenvalue weighted by molar-refractivity contribution is 7.99. The minimum absolute atomic E-state index is 0.0243. The SMILES string of the molecule is O=C(NC1CCSc2ccc(Cl)cc21)c1ccccc1Cl. The van der Waals surface area contributed by atoms with Crippen molar-refractivity contribution in [3.05, 3.63) is 63.6 Å². The lowest BCUT2D eigenvalue weighted by molar-refractivity contribution is 0.0935. The van der Waals surface area contributed by atoms with Crippen LogP contribution in [0.4, 0.5) is 0 Å². The number of carbonyl (C=O) groups excluding carboxylic acids is 1. The van der Waals surface area contributed by atoms with Gasteiger partial charge in [0.05, 0.1) is 16.6 Å². The van der Waals surface area contributed by atoms with Gasteiger partial charge in [0.15, 0.2) is 0 Å². The Bertz CT molecular complexity index is 690. The fourth-order valence-corrected chi connectivity index (χ4v) is 3.90. The summed E-state index contributed by atoms with van der Waals surface area (Å²) < 4.78 is 0. The first-order valence-corrected chi connectivity index (χ1v) is 8.37. The van der Waals surface area contributed by atoms with Gasteiger partial charge in [0.2, 0.25) is 0 Å². The molecular weight excluding hydrogens is 325 g/mol. The molecule has 0 saturated heterocycles. The maximum Gasteiger partial charge on any atom is 0.253 e. The molecule has 1 aliphatic heterocycles. The Labute approximate surface area is 137 Å². The molecule has 0 aliphatic carbocycles.